The SMILES string of the molecule is CCn1nc(C)c(CCN(C)S(=O)(=O)c2ccc3c(c2)CC(C)N3C(C)=O)c1C. The van der Waals surface area contributed by atoms with Gasteiger partial charge in [-0.25, -0.2) is 12.7 Å². The predicted molar refractivity (Wildman–Crippen MR) is 114 cm³/mol. The van der Waals surface area contributed by atoms with Crippen molar-refractivity contribution >= 4 is 21.6 Å². The van der Waals surface area contributed by atoms with Gasteiger partial charge in [0.15, 0.2) is 0 Å². The van der Waals surface area contributed by atoms with Crippen LogP contribution in [0.4, 0.5) is 5.69 Å². The van der Waals surface area contributed by atoms with Gasteiger partial charge in [-0.2, -0.15) is 5.10 Å². The van der Waals surface area contributed by atoms with Crippen molar-refractivity contribution in [1.82, 2.24) is 14.1 Å². The Kier molecular flexibility index (Phi) is 5.87. The first-order valence-electron chi connectivity index (χ1n) is 9.99. The Morgan fingerprint density at radius 3 is 2.59 bits per heavy atom. The minimum absolute atomic E-state index is 0.0256. The zero-order valence-corrected chi connectivity index (χ0v) is 18.9. The van der Waals surface area contributed by atoms with Gasteiger partial charge in [0.1, 0.15) is 0 Å². The number of anilines is 1. The van der Waals surface area contributed by atoms with Crippen molar-refractivity contribution in [2.75, 3.05) is 18.5 Å². The third kappa shape index (κ3) is 3.83. The minimum atomic E-state index is -3.61. The molecular weight excluding hydrogens is 388 g/mol. The first-order chi connectivity index (χ1) is 13.6. The summed E-state index contributed by atoms with van der Waals surface area (Å²) in [5.41, 5.74) is 4.86. The van der Waals surface area contributed by atoms with Crippen LogP contribution in [0.2, 0.25) is 0 Å². The molecule has 1 aromatic heterocycles. The molecule has 0 aliphatic carbocycles. The predicted octanol–water partition coefficient (Wildman–Crippen LogP) is 2.68. The van der Waals surface area contributed by atoms with Crippen LogP contribution in [0.3, 0.4) is 0 Å². The fraction of sp³-hybridized carbons (Fsp3) is 0.524. The van der Waals surface area contributed by atoms with Crippen LogP contribution in [0.1, 0.15) is 43.3 Å². The summed E-state index contributed by atoms with van der Waals surface area (Å²) in [5.74, 6) is -0.0256. The van der Waals surface area contributed by atoms with Crippen molar-refractivity contribution in [2.24, 2.45) is 0 Å². The maximum Gasteiger partial charge on any atom is 0.242 e. The number of aromatic nitrogens is 2. The van der Waals surface area contributed by atoms with Crippen molar-refractivity contribution in [3.05, 3.63) is 40.7 Å². The van der Waals surface area contributed by atoms with Gasteiger partial charge in [-0.3, -0.25) is 9.48 Å². The average Bonchev–Trinajstić information content (AvgIpc) is 3.13. The second-order valence-electron chi connectivity index (χ2n) is 7.77. The van der Waals surface area contributed by atoms with E-state index in [0.717, 1.165) is 34.7 Å². The van der Waals surface area contributed by atoms with Gasteiger partial charge in [0.2, 0.25) is 15.9 Å². The monoisotopic (exact) mass is 418 g/mol. The van der Waals surface area contributed by atoms with Crippen LogP contribution in [0, 0.1) is 13.8 Å². The quantitative estimate of drug-likeness (QED) is 0.723. The molecule has 1 unspecified atom stereocenters. The molecule has 1 atom stereocenters. The summed E-state index contributed by atoms with van der Waals surface area (Å²) in [6, 6.07) is 5.11. The molecule has 3 rings (SSSR count). The van der Waals surface area contributed by atoms with Crippen LogP contribution in [-0.4, -0.2) is 48.0 Å². The van der Waals surface area contributed by atoms with Crippen LogP contribution >= 0.6 is 0 Å². The molecule has 29 heavy (non-hydrogen) atoms. The Morgan fingerprint density at radius 1 is 1.31 bits per heavy atom. The number of sulfonamides is 1. The number of rotatable bonds is 6. The van der Waals surface area contributed by atoms with Crippen LogP contribution in [0.25, 0.3) is 0 Å². The zero-order valence-electron chi connectivity index (χ0n) is 18.1. The topological polar surface area (TPSA) is 75.5 Å². The van der Waals surface area contributed by atoms with E-state index in [-0.39, 0.29) is 16.8 Å². The molecule has 0 saturated heterocycles. The number of carbonyl (C=O) groups excluding carboxylic acids is 1. The highest BCUT2D eigenvalue weighted by Gasteiger charge is 2.31. The van der Waals surface area contributed by atoms with Gasteiger partial charge < -0.3 is 4.90 Å². The molecule has 0 spiro atoms. The highest BCUT2D eigenvalue weighted by molar-refractivity contribution is 7.89. The lowest BCUT2D eigenvalue weighted by molar-refractivity contribution is -0.116. The second kappa shape index (κ2) is 7.91. The van der Waals surface area contributed by atoms with Crippen molar-refractivity contribution in [3.63, 3.8) is 0 Å². The third-order valence-electron chi connectivity index (χ3n) is 5.82. The van der Waals surface area contributed by atoms with E-state index in [1.807, 2.05) is 32.4 Å². The molecule has 8 heteroatoms. The molecular formula is C21H30N4O3S. The third-order valence-corrected chi connectivity index (χ3v) is 7.67. The van der Waals surface area contributed by atoms with Crippen molar-refractivity contribution in [2.45, 2.75) is 64.9 Å². The lowest BCUT2D eigenvalue weighted by Gasteiger charge is -2.21. The number of likely N-dealkylation sites (N-methyl/N-ethyl adjacent to an activating group) is 1. The molecule has 158 valence electrons. The van der Waals surface area contributed by atoms with E-state index in [2.05, 4.69) is 5.10 Å². The number of fused-ring (bicyclic) bond motifs is 1. The molecule has 1 aliphatic rings. The van der Waals surface area contributed by atoms with Crippen LogP contribution < -0.4 is 4.90 Å². The van der Waals surface area contributed by atoms with Gasteiger partial charge in [0.05, 0.1) is 10.6 Å². The first-order valence-corrected chi connectivity index (χ1v) is 11.4. The number of benzene rings is 1. The molecule has 0 N–H and O–H groups in total. The lowest BCUT2D eigenvalue weighted by atomic mass is 10.1. The summed E-state index contributed by atoms with van der Waals surface area (Å²) in [6.45, 7) is 10.7. The molecule has 0 bridgehead atoms. The van der Waals surface area contributed by atoms with Gasteiger partial charge >= 0.3 is 0 Å². The molecule has 1 amide bonds. The van der Waals surface area contributed by atoms with Crippen LogP contribution in [0.5, 0.6) is 0 Å². The standard InChI is InChI=1S/C21H30N4O3S/c1-7-24-16(4)20(15(3)22-24)10-11-23(6)29(27,28)19-8-9-21-18(13-19)12-14(2)25(21)17(5)26/h8-9,13-14H,7,10-12H2,1-6H3. The van der Waals surface area contributed by atoms with Crippen LogP contribution in [0.15, 0.2) is 23.1 Å². The van der Waals surface area contributed by atoms with Crippen molar-refractivity contribution in [1.29, 1.82) is 0 Å². The summed E-state index contributed by atoms with van der Waals surface area (Å²) < 4.78 is 29.6. The van der Waals surface area contributed by atoms with E-state index in [4.69, 9.17) is 0 Å². The average molecular weight is 419 g/mol. The fourth-order valence-electron chi connectivity index (χ4n) is 4.22. The second-order valence-corrected chi connectivity index (χ2v) is 9.82. The fourth-order valence-corrected chi connectivity index (χ4v) is 5.44. The Labute approximate surface area is 173 Å². The summed E-state index contributed by atoms with van der Waals surface area (Å²) in [4.78, 5) is 13.9. The van der Waals surface area contributed by atoms with E-state index in [9.17, 15) is 13.2 Å². The highest BCUT2D eigenvalue weighted by atomic mass is 32.2. The smallest absolute Gasteiger partial charge is 0.242 e. The van der Waals surface area contributed by atoms with Crippen molar-refractivity contribution < 1.29 is 13.2 Å². The number of amides is 1. The Morgan fingerprint density at radius 2 is 2.00 bits per heavy atom. The first kappa shape index (κ1) is 21.5. The number of hydrogen-bond acceptors (Lipinski definition) is 4. The number of aryl methyl sites for hydroxylation is 2. The number of nitrogens with zero attached hydrogens (tertiary/aromatic N) is 4. The Hall–Kier alpha value is -2.19. The largest absolute Gasteiger partial charge is 0.309 e. The van der Waals surface area contributed by atoms with E-state index >= 15 is 0 Å². The van der Waals surface area contributed by atoms with Crippen molar-refractivity contribution in [3.8, 4) is 0 Å². The lowest BCUT2D eigenvalue weighted by Crippen LogP contribution is -2.33. The van der Waals surface area contributed by atoms with Gasteiger partial charge in [0, 0.05) is 44.5 Å². The summed E-state index contributed by atoms with van der Waals surface area (Å²) in [6.07, 6.45) is 1.28. The van der Waals surface area contributed by atoms with E-state index in [1.165, 1.54) is 11.2 Å². The van der Waals surface area contributed by atoms with Gasteiger partial charge in [0.25, 0.3) is 0 Å². The maximum absolute atomic E-state index is 13.1. The van der Waals surface area contributed by atoms with Gasteiger partial charge in [-0.15, -0.1) is 0 Å². The van der Waals surface area contributed by atoms with E-state index in [1.54, 1.807) is 30.1 Å². The Balaban J connectivity index is 1.80. The Bertz CT molecular complexity index is 1040. The van der Waals surface area contributed by atoms with Crippen LogP contribution in [-0.2, 0) is 34.2 Å². The highest BCUT2D eigenvalue weighted by Crippen LogP contribution is 2.34. The molecule has 1 aromatic carbocycles. The molecule has 1 aliphatic heterocycles. The summed E-state index contributed by atoms with van der Waals surface area (Å²) >= 11 is 0. The summed E-state index contributed by atoms with van der Waals surface area (Å²) in [5, 5.41) is 4.51. The molecule has 0 saturated carbocycles. The number of carbonyl (C=O) groups is 1. The minimum Gasteiger partial charge on any atom is -0.309 e. The summed E-state index contributed by atoms with van der Waals surface area (Å²) in [7, 11) is -1.99. The zero-order chi connectivity index (χ0) is 21.5. The molecule has 2 aromatic rings. The molecule has 2 heterocycles. The van der Waals surface area contributed by atoms with Gasteiger partial charge in [-0.1, -0.05) is 0 Å². The number of hydrogen-bond donors (Lipinski definition) is 0. The normalized spacial score (nSPS) is 16.5. The van der Waals surface area contributed by atoms with E-state index < -0.39 is 10.0 Å². The molecule has 7 nitrogen and oxygen atoms in total. The molecule has 0 radical (unpaired) electrons. The van der Waals surface area contributed by atoms with Gasteiger partial charge in [-0.05, 0) is 69.9 Å². The van der Waals surface area contributed by atoms with E-state index in [0.29, 0.717) is 19.4 Å². The molecule has 0 fully saturated rings. The maximum atomic E-state index is 13.1.